The minimum absolute atomic E-state index is 0.0434. The van der Waals surface area contributed by atoms with Gasteiger partial charge in [-0.1, -0.05) is 11.6 Å². The summed E-state index contributed by atoms with van der Waals surface area (Å²) in [6.45, 7) is 0.283. The topological polar surface area (TPSA) is 101 Å². The van der Waals surface area contributed by atoms with Gasteiger partial charge in [-0.25, -0.2) is 8.42 Å². The lowest BCUT2D eigenvalue weighted by Gasteiger charge is -2.07. The Labute approximate surface area is 109 Å². The van der Waals surface area contributed by atoms with E-state index < -0.39 is 14.9 Å². The molecule has 9 heteroatoms. The average molecular weight is 294 g/mol. The Morgan fingerprint density at radius 3 is 2.67 bits per heavy atom. The summed E-state index contributed by atoms with van der Waals surface area (Å²) in [6.07, 6.45) is 0. The maximum absolute atomic E-state index is 11.6. The maximum Gasteiger partial charge on any atom is 0.289 e. The molecule has 0 fully saturated rings. The van der Waals surface area contributed by atoms with Gasteiger partial charge in [-0.15, -0.1) is 0 Å². The second-order valence-electron chi connectivity index (χ2n) is 3.45. The molecule has 1 rings (SSSR count). The van der Waals surface area contributed by atoms with Crippen LogP contribution in [0.2, 0.25) is 5.02 Å². The molecule has 0 saturated carbocycles. The van der Waals surface area contributed by atoms with E-state index in [2.05, 4.69) is 10.0 Å². The highest BCUT2D eigenvalue weighted by molar-refractivity contribution is 7.92. The third kappa shape index (κ3) is 4.13. The van der Waals surface area contributed by atoms with Gasteiger partial charge in [0.1, 0.15) is 5.02 Å². The molecular formula is C9H12ClN3O4S. The largest absolute Gasteiger partial charge is 0.319 e. The third-order valence-corrected chi connectivity index (χ3v) is 3.64. The van der Waals surface area contributed by atoms with Crippen LogP contribution in [0.4, 0.5) is 11.4 Å². The normalized spacial score (nSPS) is 11.2. The van der Waals surface area contributed by atoms with Crippen LogP contribution in [0.1, 0.15) is 0 Å². The van der Waals surface area contributed by atoms with E-state index in [9.17, 15) is 18.5 Å². The molecule has 0 aliphatic carbocycles. The van der Waals surface area contributed by atoms with Crippen LogP contribution >= 0.6 is 11.6 Å². The number of anilines is 1. The molecule has 2 N–H and O–H groups in total. The zero-order valence-corrected chi connectivity index (χ0v) is 11.1. The molecule has 0 amide bonds. The quantitative estimate of drug-likeness (QED) is 0.606. The molecule has 18 heavy (non-hydrogen) atoms. The molecule has 0 atom stereocenters. The molecule has 7 nitrogen and oxygen atoms in total. The summed E-state index contributed by atoms with van der Waals surface area (Å²) < 4.78 is 25.4. The highest BCUT2D eigenvalue weighted by Gasteiger charge is 2.15. The molecule has 0 aromatic heterocycles. The van der Waals surface area contributed by atoms with E-state index in [0.29, 0.717) is 0 Å². The van der Waals surface area contributed by atoms with E-state index in [1.807, 2.05) is 0 Å². The predicted octanol–water partition coefficient (Wildman–Crippen LogP) is 1.21. The van der Waals surface area contributed by atoms with E-state index in [-0.39, 0.29) is 28.7 Å². The minimum atomic E-state index is -3.53. The molecule has 0 unspecified atom stereocenters. The van der Waals surface area contributed by atoms with Gasteiger partial charge in [-0.3, -0.25) is 14.8 Å². The lowest BCUT2D eigenvalue weighted by molar-refractivity contribution is -0.384. The second-order valence-corrected chi connectivity index (χ2v) is 5.70. The van der Waals surface area contributed by atoms with Gasteiger partial charge in [0, 0.05) is 12.6 Å². The fourth-order valence-electron chi connectivity index (χ4n) is 1.18. The van der Waals surface area contributed by atoms with Gasteiger partial charge in [0.15, 0.2) is 0 Å². The van der Waals surface area contributed by atoms with E-state index in [1.165, 1.54) is 12.1 Å². The van der Waals surface area contributed by atoms with Gasteiger partial charge in [-0.2, -0.15) is 0 Å². The van der Waals surface area contributed by atoms with Crippen molar-refractivity contribution in [1.82, 2.24) is 5.32 Å². The van der Waals surface area contributed by atoms with Gasteiger partial charge in [0.2, 0.25) is 10.0 Å². The van der Waals surface area contributed by atoms with Crippen LogP contribution in [0.25, 0.3) is 0 Å². The second kappa shape index (κ2) is 5.98. The number of rotatable bonds is 6. The first-order valence-corrected chi connectivity index (χ1v) is 6.98. The highest BCUT2D eigenvalue weighted by atomic mass is 35.5. The van der Waals surface area contributed by atoms with Crippen LogP contribution < -0.4 is 10.0 Å². The molecule has 0 bridgehead atoms. The van der Waals surface area contributed by atoms with Crippen molar-refractivity contribution >= 4 is 33.0 Å². The molecular weight excluding hydrogens is 282 g/mol. The Kier molecular flexibility index (Phi) is 4.88. The zero-order valence-electron chi connectivity index (χ0n) is 9.51. The first kappa shape index (κ1) is 14.7. The maximum atomic E-state index is 11.6. The van der Waals surface area contributed by atoms with Crippen molar-refractivity contribution in [3.05, 3.63) is 33.3 Å². The van der Waals surface area contributed by atoms with Crippen LogP contribution in [0, 0.1) is 10.1 Å². The van der Waals surface area contributed by atoms with Crippen molar-refractivity contribution in [2.75, 3.05) is 24.1 Å². The molecule has 100 valence electrons. The Balaban J connectivity index is 2.92. The van der Waals surface area contributed by atoms with Gasteiger partial charge < -0.3 is 5.32 Å². The number of benzene rings is 1. The fourth-order valence-corrected chi connectivity index (χ4v) is 2.43. The third-order valence-electron chi connectivity index (χ3n) is 2.04. The number of nitrogens with one attached hydrogen (secondary N) is 2. The number of hydrogen-bond donors (Lipinski definition) is 2. The van der Waals surface area contributed by atoms with Crippen LogP contribution in [0.5, 0.6) is 0 Å². The van der Waals surface area contributed by atoms with E-state index in [0.717, 1.165) is 6.07 Å². The van der Waals surface area contributed by atoms with Crippen molar-refractivity contribution in [2.45, 2.75) is 0 Å². The number of sulfonamides is 1. The number of nitro benzene ring substituents is 1. The van der Waals surface area contributed by atoms with Gasteiger partial charge in [0.25, 0.3) is 5.69 Å². The van der Waals surface area contributed by atoms with E-state index >= 15 is 0 Å². The molecule has 0 saturated heterocycles. The number of halogens is 1. The molecule has 1 aromatic rings. The first-order chi connectivity index (χ1) is 8.35. The SMILES string of the molecule is CNCCS(=O)(=O)Nc1ccc(Cl)c([N+](=O)[O-])c1. The predicted molar refractivity (Wildman–Crippen MR) is 69.4 cm³/mol. The number of nitrogens with zero attached hydrogens (tertiary/aromatic N) is 1. The Morgan fingerprint density at radius 1 is 1.44 bits per heavy atom. The molecule has 0 heterocycles. The van der Waals surface area contributed by atoms with E-state index in [1.54, 1.807) is 7.05 Å². The van der Waals surface area contributed by atoms with Crippen LogP contribution in [-0.4, -0.2) is 32.7 Å². The fraction of sp³-hybridized carbons (Fsp3) is 0.333. The summed E-state index contributed by atoms with van der Waals surface area (Å²) in [4.78, 5) is 9.97. The van der Waals surface area contributed by atoms with Crippen molar-refractivity contribution in [1.29, 1.82) is 0 Å². The number of hydrogen-bond acceptors (Lipinski definition) is 5. The van der Waals surface area contributed by atoms with Crippen LogP contribution in [0.3, 0.4) is 0 Å². The minimum Gasteiger partial charge on any atom is -0.319 e. The number of nitro groups is 1. The van der Waals surface area contributed by atoms with Crippen LogP contribution in [0.15, 0.2) is 18.2 Å². The lowest BCUT2D eigenvalue weighted by atomic mass is 10.3. The van der Waals surface area contributed by atoms with Gasteiger partial charge in [0.05, 0.1) is 16.4 Å². The summed E-state index contributed by atoms with van der Waals surface area (Å²) in [5.74, 6) is -0.125. The highest BCUT2D eigenvalue weighted by Crippen LogP contribution is 2.27. The summed E-state index contributed by atoms with van der Waals surface area (Å²) in [7, 11) is -1.90. The molecule has 0 radical (unpaired) electrons. The Hall–Kier alpha value is -1.38. The summed E-state index contributed by atoms with van der Waals surface area (Å²) in [5.41, 5.74) is -0.229. The molecule has 1 aromatic carbocycles. The van der Waals surface area contributed by atoms with Crippen molar-refractivity contribution in [2.24, 2.45) is 0 Å². The average Bonchev–Trinajstić information content (AvgIpc) is 2.28. The van der Waals surface area contributed by atoms with Gasteiger partial charge >= 0.3 is 0 Å². The van der Waals surface area contributed by atoms with Crippen molar-refractivity contribution in [3.8, 4) is 0 Å². The first-order valence-electron chi connectivity index (χ1n) is 4.95. The van der Waals surface area contributed by atoms with E-state index in [4.69, 9.17) is 11.6 Å². The van der Waals surface area contributed by atoms with Crippen molar-refractivity contribution in [3.63, 3.8) is 0 Å². The standard InChI is InChI=1S/C9H12ClN3O4S/c1-11-4-5-18(16,17)12-7-2-3-8(10)9(6-7)13(14)15/h2-3,6,11-12H,4-5H2,1H3. The summed E-state index contributed by atoms with van der Waals surface area (Å²) in [5, 5.41) is 13.3. The Morgan fingerprint density at radius 2 is 2.11 bits per heavy atom. The zero-order chi connectivity index (χ0) is 13.8. The van der Waals surface area contributed by atoms with Gasteiger partial charge in [-0.05, 0) is 19.2 Å². The molecule has 0 aliphatic heterocycles. The molecule has 0 spiro atoms. The lowest BCUT2D eigenvalue weighted by Crippen LogP contribution is -2.24. The smallest absolute Gasteiger partial charge is 0.289 e. The monoisotopic (exact) mass is 293 g/mol. The Bertz CT molecular complexity index is 547. The van der Waals surface area contributed by atoms with Crippen LogP contribution in [-0.2, 0) is 10.0 Å². The molecule has 0 aliphatic rings. The van der Waals surface area contributed by atoms with Crippen molar-refractivity contribution < 1.29 is 13.3 Å². The summed E-state index contributed by atoms with van der Waals surface area (Å²) in [6, 6.07) is 3.72. The summed E-state index contributed by atoms with van der Waals surface area (Å²) >= 11 is 5.62.